The van der Waals surface area contributed by atoms with Crippen LogP contribution in [0.15, 0.2) is 24.3 Å². The van der Waals surface area contributed by atoms with Crippen LogP contribution < -0.4 is 0 Å². The lowest BCUT2D eigenvalue weighted by Crippen LogP contribution is -2.51. The lowest BCUT2D eigenvalue weighted by molar-refractivity contribution is 0.0706. The SMILES string of the molecule is CCOC(=O)N1Cc2ccccc2C2(CCC2)C1. The molecule has 3 heteroatoms. The van der Waals surface area contributed by atoms with E-state index >= 15 is 0 Å². The molecule has 1 heterocycles. The summed E-state index contributed by atoms with van der Waals surface area (Å²) in [4.78, 5) is 13.8. The highest BCUT2D eigenvalue weighted by Crippen LogP contribution is 2.48. The molecule has 0 radical (unpaired) electrons. The Balaban J connectivity index is 1.91. The molecule has 2 aliphatic rings. The van der Waals surface area contributed by atoms with E-state index in [4.69, 9.17) is 4.74 Å². The fourth-order valence-electron chi connectivity index (χ4n) is 3.26. The summed E-state index contributed by atoms with van der Waals surface area (Å²) < 4.78 is 5.15. The normalized spacial score (nSPS) is 20.2. The topological polar surface area (TPSA) is 29.5 Å². The van der Waals surface area contributed by atoms with Crippen molar-refractivity contribution in [2.75, 3.05) is 13.2 Å². The van der Waals surface area contributed by atoms with E-state index in [1.54, 1.807) is 0 Å². The molecule has 0 atom stereocenters. The molecule has 3 rings (SSSR count). The second kappa shape index (κ2) is 4.30. The molecule has 1 aliphatic heterocycles. The van der Waals surface area contributed by atoms with Crippen molar-refractivity contribution in [1.29, 1.82) is 0 Å². The molecule has 18 heavy (non-hydrogen) atoms. The summed E-state index contributed by atoms with van der Waals surface area (Å²) in [5.74, 6) is 0. The monoisotopic (exact) mass is 245 g/mol. The molecule has 0 aromatic heterocycles. The minimum absolute atomic E-state index is 0.168. The van der Waals surface area contributed by atoms with E-state index in [1.807, 2.05) is 11.8 Å². The molecular formula is C15H19NO2. The maximum absolute atomic E-state index is 11.9. The molecule has 1 aromatic rings. The smallest absolute Gasteiger partial charge is 0.410 e. The zero-order valence-electron chi connectivity index (χ0n) is 10.8. The number of carbonyl (C=O) groups is 1. The Kier molecular flexibility index (Phi) is 2.77. The fraction of sp³-hybridized carbons (Fsp3) is 0.533. The predicted octanol–water partition coefficient (Wildman–Crippen LogP) is 3.08. The summed E-state index contributed by atoms with van der Waals surface area (Å²) in [7, 11) is 0. The van der Waals surface area contributed by atoms with Crippen molar-refractivity contribution in [2.45, 2.75) is 38.1 Å². The van der Waals surface area contributed by atoms with Crippen LogP contribution in [0.1, 0.15) is 37.3 Å². The van der Waals surface area contributed by atoms with E-state index in [9.17, 15) is 4.79 Å². The van der Waals surface area contributed by atoms with Crippen LogP contribution in [0.5, 0.6) is 0 Å². The zero-order valence-corrected chi connectivity index (χ0v) is 10.8. The number of carbonyl (C=O) groups excluding carboxylic acids is 1. The van der Waals surface area contributed by atoms with Gasteiger partial charge in [-0.1, -0.05) is 30.7 Å². The predicted molar refractivity (Wildman–Crippen MR) is 69.4 cm³/mol. The lowest BCUT2D eigenvalue weighted by atomic mass is 9.61. The van der Waals surface area contributed by atoms with Crippen LogP contribution in [0, 0.1) is 0 Å². The summed E-state index contributed by atoms with van der Waals surface area (Å²) >= 11 is 0. The summed E-state index contributed by atoms with van der Waals surface area (Å²) in [6.07, 6.45) is 3.49. The van der Waals surface area contributed by atoms with E-state index in [0.717, 1.165) is 6.54 Å². The second-order valence-electron chi connectivity index (χ2n) is 5.35. The summed E-state index contributed by atoms with van der Waals surface area (Å²) in [5.41, 5.74) is 2.95. The average molecular weight is 245 g/mol. The number of amides is 1. The van der Waals surface area contributed by atoms with Crippen LogP contribution >= 0.6 is 0 Å². The van der Waals surface area contributed by atoms with Crippen LogP contribution in [-0.4, -0.2) is 24.1 Å². The van der Waals surface area contributed by atoms with E-state index in [-0.39, 0.29) is 11.5 Å². The first-order valence-electron chi connectivity index (χ1n) is 6.75. The largest absolute Gasteiger partial charge is 0.450 e. The highest BCUT2D eigenvalue weighted by Gasteiger charge is 2.45. The molecule has 1 amide bonds. The van der Waals surface area contributed by atoms with E-state index in [1.165, 1.54) is 30.4 Å². The Bertz CT molecular complexity index is 465. The average Bonchev–Trinajstić information content (AvgIpc) is 2.35. The third-order valence-corrected chi connectivity index (χ3v) is 4.28. The van der Waals surface area contributed by atoms with Crippen LogP contribution in [0.25, 0.3) is 0 Å². The molecule has 1 aliphatic carbocycles. The summed E-state index contributed by atoms with van der Waals surface area (Å²) in [5, 5.41) is 0. The molecule has 0 N–H and O–H groups in total. The minimum atomic E-state index is -0.168. The Morgan fingerprint density at radius 1 is 1.39 bits per heavy atom. The first-order valence-corrected chi connectivity index (χ1v) is 6.75. The quantitative estimate of drug-likeness (QED) is 0.761. The van der Waals surface area contributed by atoms with Crippen LogP contribution in [0.4, 0.5) is 4.79 Å². The number of fused-ring (bicyclic) bond motifs is 2. The zero-order chi connectivity index (χ0) is 12.6. The molecule has 1 spiro atoms. The standard InChI is InChI=1S/C15H19NO2/c1-2-18-14(17)16-10-12-6-3-4-7-13(12)15(11-16)8-5-9-15/h3-4,6-7H,2,5,8-11H2,1H3. The van der Waals surface area contributed by atoms with Crippen molar-refractivity contribution in [3.8, 4) is 0 Å². The van der Waals surface area contributed by atoms with Gasteiger partial charge in [0.15, 0.2) is 0 Å². The molecule has 1 saturated carbocycles. The van der Waals surface area contributed by atoms with Gasteiger partial charge in [-0.2, -0.15) is 0 Å². The third-order valence-electron chi connectivity index (χ3n) is 4.28. The molecule has 96 valence electrons. The van der Waals surface area contributed by atoms with Crippen molar-refractivity contribution >= 4 is 6.09 Å². The van der Waals surface area contributed by atoms with Crippen molar-refractivity contribution in [1.82, 2.24) is 4.90 Å². The van der Waals surface area contributed by atoms with Gasteiger partial charge in [0.2, 0.25) is 0 Å². The van der Waals surface area contributed by atoms with E-state index in [0.29, 0.717) is 13.2 Å². The van der Waals surface area contributed by atoms with Gasteiger partial charge >= 0.3 is 6.09 Å². The van der Waals surface area contributed by atoms with Crippen molar-refractivity contribution in [3.05, 3.63) is 35.4 Å². The number of hydrogen-bond donors (Lipinski definition) is 0. The number of benzene rings is 1. The molecule has 0 unspecified atom stereocenters. The molecule has 1 aromatic carbocycles. The van der Waals surface area contributed by atoms with Crippen LogP contribution in [0.3, 0.4) is 0 Å². The van der Waals surface area contributed by atoms with E-state index < -0.39 is 0 Å². The van der Waals surface area contributed by atoms with Gasteiger partial charge in [0.1, 0.15) is 0 Å². The highest BCUT2D eigenvalue weighted by molar-refractivity contribution is 5.68. The molecule has 0 saturated heterocycles. The Hall–Kier alpha value is -1.51. The second-order valence-corrected chi connectivity index (χ2v) is 5.35. The van der Waals surface area contributed by atoms with Crippen LogP contribution in [-0.2, 0) is 16.7 Å². The number of nitrogens with zero attached hydrogens (tertiary/aromatic N) is 1. The maximum atomic E-state index is 11.9. The van der Waals surface area contributed by atoms with Crippen molar-refractivity contribution < 1.29 is 9.53 Å². The van der Waals surface area contributed by atoms with Gasteiger partial charge < -0.3 is 9.64 Å². The highest BCUT2D eigenvalue weighted by atomic mass is 16.6. The van der Waals surface area contributed by atoms with Gasteiger partial charge in [0, 0.05) is 18.5 Å². The molecule has 3 nitrogen and oxygen atoms in total. The lowest BCUT2D eigenvalue weighted by Gasteiger charge is -2.49. The van der Waals surface area contributed by atoms with Gasteiger partial charge in [-0.25, -0.2) is 4.79 Å². The molecule has 0 bridgehead atoms. The van der Waals surface area contributed by atoms with E-state index in [2.05, 4.69) is 24.3 Å². The summed E-state index contributed by atoms with van der Waals surface area (Å²) in [6.45, 7) is 3.82. The van der Waals surface area contributed by atoms with Crippen molar-refractivity contribution in [3.63, 3.8) is 0 Å². The summed E-state index contributed by atoms with van der Waals surface area (Å²) in [6, 6.07) is 8.54. The maximum Gasteiger partial charge on any atom is 0.410 e. The Morgan fingerprint density at radius 2 is 2.17 bits per heavy atom. The minimum Gasteiger partial charge on any atom is -0.450 e. The third kappa shape index (κ3) is 1.69. The fourth-order valence-corrected chi connectivity index (χ4v) is 3.26. The number of rotatable bonds is 1. The van der Waals surface area contributed by atoms with Gasteiger partial charge in [-0.15, -0.1) is 0 Å². The first kappa shape index (κ1) is 11.6. The Morgan fingerprint density at radius 3 is 2.83 bits per heavy atom. The number of ether oxygens (including phenoxy) is 1. The first-order chi connectivity index (χ1) is 8.75. The van der Waals surface area contributed by atoms with Crippen molar-refractivity contribution in [2.24, 2.45) is 0 Å². The van der Waals surface area contributed by atoms with Gasteiger partial charge in [0.25, 0.3) is 0 Å². The van der Waals surface area contributed by atoms with Gasteiger partial charge in [0.05, 0.1) is 6.61 Å². The Labute approximate surface area is 108 Å². The number of hydrogen-bond acceptors (Lipinski definition) is 2. The van der Waals surface area contributed by atoms with Gasteiger partial charge in [-0.3, -0.25) is 0 Å². The molecule has 1 fully saturated rings. The van der Waals surface area contributed by atoms with Crippen LogP contribution in [0.2, 0.25) is 0 Å². The molecular weight excluding hydrogens is 226 g/mol. The van der Waals surface area contributed by atoms with Gasteiger partial charge in [-0.05, 0) is 30.9 Å².